The number of aliphatic hydroxyl groups is 1. The van der Waals surface area contributed by atoms with Gasteiger partial charge in [-0.2, -0.15) is 0 Å². The average Bonchev–Trinajstić information content (AvgIpc) is 3.06. The van der Waals surface area contributed by atoms with Crippen molar-refractivity contribution in [2.45, 2.75) is 58.1 Å². The van der Waals surface area contributed by atoms with Crippen molar-refractivity contribution in [2.75, 3.05) is 23.8 Å². The number of carbonyl (C=O) groups is 1. The molecule has 0 spiro atoms. The molecule has 2 atom stereocenters. The number of urea groups is 1. The van der Waals surface area contributed by atoms with E-state index in [9.17, 15) is 9.90 Å². The van der Waals surface area contributed by atoms with E-state index < -0.39 is 0 Å². The normalized spacial score (nSPS) is 17.3. The second-order valence-electron chi connectivity index (χ2n) is 7.09. The Bertz CT molecular complexity index is 527. The summed E-state index contributed by atoms with van der Waals surface area (Å²) in [5.74, 6) is 0.243. The van der Waals surface area contributed by atoms with Gasteiger partial charge in [-0.05, 0) is 44.2 Å². The molecule has 2 unspecified atom stereocenters. The zero-order chi connectivity index (χ0) is 17.5. The van der Waals surface area contributed by atoms with Crippen molar-refractivity contribution in [2.24, 2.45) is 5.92 Å². The van der Waals surface area contributed by atoms with Gasteiger partial charge in [-0.3, -0.25) is 0 Å². The van der Waals surface area contributed by atoms with E-state index in [1.54, 1.807) is 6.92 Å². The maximum absolute atomic E-state index is 12.2. The van der Waals surface area contributed by atoms with Gasteiger partial charge in [0.15, 0.2) is 0 Å². The molecule has 0 radical (unpaired) electrons. The molecule has 2 amide bonds. The second-order valence-corrected chi connectivity index (χ2v) is 7.09. The average molecular weight is 333 g/mol. The van der Waals surface area contributed by atoms with E-state index in [1.165, 1.54) is 25.7 Å². The minimum atomic E-state index is -0.342. The Labute approximate surface area is 145 Å². The minimum Gasteiger partial charge on any atom is -0.393 e. The van der Waals surface area contributed by atoms with Gasteiger partial charge in [-0.15, -0.1) is 0 Å². The fourth-order valence-electron chi connectivity index (χ4n) is 3.47. The molecule has 1 aliphatic rings. The molecule has 2 rings (SSSR count). The minimum absolute atomic E-state index is 0.195. The predicted octanol–water partition coefficient (Wildman–Crippen LogP) is 3.59. The van der Waals surface area contributed by atoms with Crippen molar-refractivity contribution in [1.29, 1.82) is 0 Å². The lowest BCUT2D eigenvalue weighted by Crippen LogP contribution is -2.34. The molecule has 1 aromatic rings. The lowest BCUT2D eigenvalue weighted by Gasteiger charge is -2.28. The Kier molecular flexibility index (Phi) is 6.91. The third-order valence-electron chi connectivity index (χ3n) is 4.76. The highest BCUT2D eigenvalue weighted by atomic mass is 16.3. The molecule has 0 aliphatic heterocycles. The summed E-state index contributed by atoms with van der Waals surface area (Å²) >= 11 is 0. The van der Waals surface area contributed by atoms with E-state index in [0.717, 1.165) is 11.4 Å². The quantitative estimate of drug-likeness (QED) is 0.714. The van der Waals surface area contributed by atoms with Gasteiger partial charge in [0, 0.05) is 19.6 Å². The molecule has 134 valence electrons. The number of amides is 2. The van der Waals surface area contributed by atoms with E-state index >= 15 is 0 Å². The molecule has 1 aliphatic carbocycles. The van der Waals surface area contributed by atoms with Crippen molar-refractivity contribution in [3.8, 4) is 0 Å². The summed E-state index contributed by atoms with van der Waals surface area (Å²) in [5, 5.41) is 15.3. The van der Waals surface area contributed by atoms with Crippen molar-refractivity contribution < 1.29 is 9.90 Å². The van der Waals surface area contributed by atoms with Crippen LogP contribution in [0.2, 0.25) is 0 Å². The monoisotopic (exact) mass is 333 g/mol. The number of carbonyl (C=O) groups excluding carboxylic acids is 1. The number of nitrogens with zero attached hydrogens (tertiary/aromatic N) is 1. The van der Waals surface area contributed by atoms with Gasteiger partial charge in [-0.25, -0.2) is 4.79 Å². The third-order valence-corrected chi connectivity index (χ3v) is 4.76. The van der Waals surface area contributed by atoms with Crippen molar-refractivity contribution in [3.63, 3.8) is 0 Å². The molecule has 0 heterocycles. The number of hydrogen-bond acceptors (Lipinski definition) is 3. The van der Waals surface area contributed by atoms with Gasteiger partial charge >= 0.3 is 6.03 Å². The number of benzene rings is 1. The van der Waals surface area contributed by atoms with Gasteiger partial charge in [0.05, 0.1) is 17.5 Å². The van der Waals surface area contributed by atoms with Crippen molar-refractivity contribution in [3.05, 3.63) is 24.3 Å². The molecule has 3 N–H and O–H groups in total. The summed E-state index contributed by atoms with van der Waals surface area (Å²) in [6.07, 6.45) is 5.34. The summed E-state index contributed by atoms with van der Waals surface area (Å²) in [5.41, 5.74) is 1.91. The number of anilines is 2. The van der Waals surface area contributed by atoms with Gasteiger partial charge in [0.1, 0.15) is 0 Å². The van der Waals surface area contributed by atoms with Crippen LogP contribution in [0.25, 0.3) is 0 Å². The highest BCUT2D eigenvalue weighted by molar-refractivity contribution is 5.93. The summed E-state index contributed by atoms with van der Waals surface area (Å²) in [7, 11) is 2.11. The number of para-hydroxylation sites is 2. The number of rotatable bonds is 7. The fourth-order valence-corrected chi connectivity index (χ4v) is 3.47. The van der Waals surface area contributed by atoms with E-state index in [4.69, 9.17) is 0 Å². The van der Waals surface area contributed by atoms with E-state index in [1.807, 2.05) is 25.1 Å². The lowest BCUT2D eigenvalue weighted by atomic mass is 10.1. The molecule has 0 bridgehead atoms. The predicted molar refractivity (Wildman–Crippen MR) is 99.6 cm³/mol. The van der Waals surface area contributed by atoms with Crippen LogP contribution in [0.1, 0.15) is 46.0 Å². The van der Waals surface area contributed by atoms with Gasteiger partial charge in [-0.1, -0.05) is 31.9 Å². The molecule has 5 heteroatoms. The van der Waals surface area contributed by atoms with Crippen LogP contribution in [0.5, 0.6) is 0 Å². The molecule has 1 aromatic carbocycles. The van der Waals surface area contributed by atoms with Crippen LogP contribution in [0.4, 0.5) is 16.2 Å². The Balaban J connectivity index is 1.93. The van der Waals surface area contributed by atoms with Crippen molar-refractivity contribution in [1.82, 2.24) is 5.32 Å². The van der Waals surface area contributed by atoms with Crippen LogP contribution in [0, 0.1) is 5.92 Å². The molecular weight excluding hydrogens is 302 g/mol. The fraction of sp³-hybridized carbons (Fsp3) is 0.632. The zero-order valence-electron chi connectivity index (χ0n) is 15.1. The molecule has 0 saturated heterocycles. The van der Waals surface area contributed by atoms with Gasteiger partial charge < -0.3 is 20.6 Å². The topological polar surface area (TPSA) is 64.6 Å². The Morgan fingerprint density at radius 3 is 2.62 bits per heavy atom. The van der Waals surface area contributed by atoms with Crippen LogP contribution >= 0.6 is 0 Å². The van der Waals surface area contributed by atoms with E-state index in [2.05, 4.69) is 28.6 Å². The third kappa shape index (κ3) is 5.41. The van der Waals surface area contributed by atoms with Crippen LogP contribution in [-0.2, 0) is 0 Å². The smallest absolute Gasteiger partial charge is 0.319 e. The molecule has 5 nitrogen and oxygen atoms in total. The second kappa shape index (κ2) is 8.92. The highest BCUT2D eigenvalue weighted by Crippen LogP contribution is 2.31. The first-order valence-corrected chi connectivity index (χ1v) is 9.02. The first-order valence-electron chi connectivity index (χ1n) is 9.02. The number of aliphatic hydroxyl groups excluding tert-OH is 1. The summed E-state index contributed by atoms with van der Waals surface area (Å²) < 4.78 is 0. The van der Waals surface area contributed by atoms with E-state index in [-0.39, 0.29) is 18.1 Å². The van der Waals surface area contributed by atoms with Crippen LogP contribution in [0.15, 0.2) is 24.3 Å². The molecule has 0 aromatic heterocycles. The molecule has 24 heavy (non-hydrogen) atoms. The summed E-state index contributed by atoms with van der Waals surface area (Å²) in [4.78, 5) is 14.5. The van der Waals surface area contributed by atoms with Crippen LogP contribution < -0.4 is 15.5 Å². The Morgan fingerprint density at radius 1 is 1.29 bits per heavy atom. The van der Waals surface area contributed by atoms with Crippen LogP contribution in [-0.4, -0.2) is 36.9 Å². The van der Waals surface area contributed by atoms with E-state index in [0.29, 0.717) is 19.0 Å². The Morgan fingerprint density at radius 2 is 1.96 bits per heavy atom. The number of hydrogen-bond donors (Lipinski definition) is 3. The number of nitrogens with one attached hydrogen (secondary N) is 2. The highest BCUT2D eigenvalue weighted by Gasteiger charge is 2.21. The Hall–Kier alpha value is -1.75. The molecular formula is C19H31N3O2. The lowest BCUT2D eigenvalue weighted by molar-refractivity contribution is 0.163. The zero-order valence-corrected chi connectivity index (χ0v) is 15.1. The standard InChI is InChI=1S/C19H31N3O2/c1-14(12-15(2)23)13-20-19(24)21-17-10-6-7-11-18(17)22(3)16-8-4-5-9-16/h6-7,10-11,14-16,23H,4-5,8-9,12-13H2,1-3H3,(H2,20,21,24). The summed E-state index contributed by atoms with van der Waals surface area (Å²) in [6, 6.07) is 8.32. The van der Waals surface area contributed by atoms with Gasteiger partial charge in [0.25, 0.3) is 0 Å². The largest absolute Gasteiger partial charge is 0.393 e. The molecule has 1 saturated carbocycles. The van der Waals surface area contributed by atoms with Crippen molar-refractivity contribution >= 4 is 17.4 Å². The molecule has 1 fully saturated rings. The van der Waals surface area contributed by atoms with Gasteiger partial charge in [0.2, 0.25) is 0 Å². The van der Waals surface area contributed by atoms with Crippen LogP contribution in [0.3, 0.4) is 0 Å². The first kappa shape index (κ1) is 18.6. The maximum Gasteiger partial charge on any atom is 0.319 e. The maximum atomic E-state index is 12.2. The summed E-state index contributed by atoms with van der Waals surface area (Å²) in [6.45, 7) is 4.35. The SMILES string of the molecule is CC(O)CC(C)CNC(=O)Nc1ccccc1N(C)C1CCCC1. The first-order chi connectivity index (χ1) is 11.5.